The smallest absolute Gasteiger partial charge is 0.387 e. The summed E-state index contributed by atoms with van der Waals surface area (Å²) in [5, 5.41) is 0. The van der Waals surface area contributed by atoms with E-state index in [1.807, 2.05) is 29.2 Å². The SMILES string of the molecule is O=C(c1ccccc1OC(F)F)N1CCCC(C(=O)N2CCCC(c3nc4ccccc4[nH]3)C2)C1. The number of hydrogen-bond acceptors (Lipinski definition) is 4. The Bertz CT molecular complexity index is 1180. The van der Waals surface area contributed by atoms with Crippen LogP contribution in [0.3, 0.4) is 0 Å². The number of aromatic nitrogens is 2. The third-order valence-corrected chi connectivity index (χ3v) is 6.92. The van der Waals surface area contributed by atoms with Gasteiger partial charge in [-0.15, -0.1) is 0 Å². The van der Waals surface area contributed by atoms with Gasteiger partial charge in [-0.05, 0) is 49.9 Å². The molecule has 7 nitrogen and oxygen atoms in total. The van der Waals surface area contributed by atoms with Gasteiger partial charge in [0.1, 0.15) is 11.6 Å². The molecule has 2 aliphatic heterocycles. The fraction of sp³-hybridized carbons (Fsp3) is 0.423. The first kappa shape index (κ1) is 23.3. The number of ether oxygens (including phenoxy) is 1. The summed E-state index contributed by atoms with van der Waals surface area (Å²) < 4.78 is 30.1. The summed E-state index contributed by atoms with van der Waals surface area (Å²) in [6.07, 6.45) is 3.23. The Hall–Kier alpha value is -3.49. The summed E-state index contributed by atoms with van der Waals surface area (Å²) in [7, 11) is 0. The zero-order valence-electron chi connectivity index (χ0n) is 19.3. The normalized spacial score (nSPS) is 20.9. The minimum atomic E-state index is -3.02. The van der Waals surface area contributed by atoms with Crippen LogP contribution in [0, 0.1) is 5.92 Å². The number of halogens is 2. The molecule has 0 bridgehead atoms. The van der Waals surface area contributed by atoms with Gasteiger partial charge in [0.2, 0.25) is 5.91 Å². The number of imidazole rings is 1. The maximum absolute atomic E-state index is 13.5. The number of benzene rings is 2. The number of H-pyrrole nitrogens is 1. The number of nitrogens with zero attached hydrogens (tertiary/aromatic N) is 3. The van der Waals surface area contributed by atoms with Crippen LogP contribution in [0.15, 0.2) is 48.5 Å². The molecule has 2 amide bonds. The quantitative estimate of drug-likeness (QED) is 0.584. The standard InChI is InChI=1S/C26H28F2N4O3/c27-26(28)35-22-12-4-1-9-19(22)25(34)32-14-6-8-18(16-32)24(33)31-13-5-7-17(15-31)23-29-20-10-2-3-11-21(20)30-23/h1-4,9-12,17-18,26H,5-8,13-16H2,(H,29,30). The second kappa shape index (κ2) is 10.0. The largest absolute Gasteiger partial charge is 0.434 e. The second-order valence-corrected chi connectivity index (χ2v) is 9.23. The number of carbonyl (C=O) groups is 2. The lowest BCUT2D eigenvalue weighted by Gasteiger charge is -2.38. The van der Waals surface area contributed by atoms with Crippen LogP contribution in [0.2, 0.25) is 0 Å². The number of amides is 2. The summed E-state index contributed by atoms with van der Waals surface area (Å²) in [5.41, 5.74) is 2.00. The molecule has 0 saturated carbocycles. The Labute approximate surface area is 202 Å². The van der Waals surface area contributed by atoms with Crippen molar-refractivity contribution in [3.8, 4) is 5.75 Å². The van der Waals surface area contributed by atoms with Gasteiger partial charge in [-0.25, -0.2) is 4.98 Å². The topological polar surface area (TPSA) is 78.5 Å². The number of para-hydroxylation sites is 3. The van der Waals surface area contributed by atoms with E-state index in [-0.39, 0.29) is 35.6 Å². The molecule has 2 aromatic carbocycles. The summed E-state index contributed by atoms with van der Waals surface area (Å²) in [6, 6.07) is 13.9. The summed E-state index contributed by atoms with van der Waals surface area (Å²) in [5.74, 6) is 0.230. The number of nitrogens with one attached hydrogen (secondary N) is 1. The molecule has 0 spiro atoms. The molecule has 184 valence electrons. The highest BCUT2D eigenvalue weighted by Crippen LogP contribution is 2.30. The van der Waals surface area contributed by atoms with Crippen molar-refractivity contribution in [2.45, 2.75) is 38.2 Å². The Morgan fingerprint density at radius 1 is 0.971 bits per heavy atom. The highest BCUT2D eigenvalue weighted by Gasteiger charge is 2.35. The predicted molar refractivity (Wildman–Crippen MR) is 126 cm³/mol. The van der Waals surface area contributed by atoms with Gasteiger partial charge in [0.25, 0.3) is 5.91 Å². The third kappa shape index (κ3) is 4.99. The van der Waals surface area contributed by atoms with Crippen molar-refractivity contribution in [3.05, 3.63) is 59.9 Å². The molecule has 2 atom stereocenters. The minimum Gasteiger partial charge on any atom is -0.434 e. The molecule has 2 unspecified atom stereocenters. The number of aromatic amines is 1. The van der Waals surface area contributed by atoms with E-state index < -0.39 is 12.5 Å². The Morgan fingerprint density at radius 3 is 2.54 bits per heavy atom. The average Bonchev–Trinajstić information content (AvgIpc) is 3.32. The lowest BCUT2D eigenvalue weighted by Crippen LogP contribution is -2.49. The van der Waals surface area contributed by atoms with Gasteiger partial charge in [-0.2, -0.15) is 8.78 Å². The van der Waals surface area contributed by atoms with Crippen molar-refractivity contribution in [1.82, 2.24) is 19.8 Å². The third-order valence-electron chi connectivity index (χ3n) is 6.92. The number of carbonyl (C=O) groups excluding carboxylic acids is 2. The lowest BCUT2D eigenvalue weighted by atomic mass is 9.92. The van der Waals surface area contributed by atoms with E-state index in [2.05, 4.69) is 9.72 Å². The molecule has 3 aromatic rings. The van der Waals surface area contributed by atoms with Crippen molar-refractivity contribution in [3.63, 3.8) is 0 Å². The van der Waals surface area contributed by atoms with Crippen LogP contribution in [-0.4, -0.2) is 64.4 Å². The summed E-state index contributed by atoms with van der Waals surface area (Å²) in [6.45, 7) is -0.989. The Kier molecular flexibility index (Phi) is 6.66. The first-order valence-electron chi connectivity index (χ1n) is 12.1. The van der Waals surface area contributed by atoms with Gasteiger partial charge in [0, 0.05) is 32.1 Å². The second-order valence-electron chi connectivity index (χ2n) is 9.23. The van der Waals surface area contributed by atoms with E-state index in [4.69, 9.17) is 4.98 Å². The Balaban J connectivity index is 1.26. The molecule has 35 heavy (non-hydrogen) atoms. The molecule has 9 heteroatoms. The van der Waals surface area contributed by atoms with Crippen LogP contribution in [0.25, 0.3) is 11.0 Å². The number of hydrogen-bond donors (Lipinski definition) is 1. The van der Waals surface area contributed by atoms with Gasteiger partial charge in [-0.3, -0.25) is 9.59 Å². The number of rotatable bonds is 5. The zero-order chi connectivity index (χ0) is 24.4. The Morgan fingerprint density at radius 2 is 1.71 bits per heavy atom. The predicted octanol–water partition coefficient (Wildman–Crippen LogP) is 4.42. The number of piperidine rings is 2. The first-order chi connectivity index (χ1) is 17.0. The van der Waals surface area contributed by atoms with E-state index in [9.17, 15) is 18.4 Å². The highest BCUT2D eigenvalue weighted by molar-refractivity contribution is 5.97. The van der Waals surface area contributed by atoms with Gasteiger partial charge in [-0.1, -0.05) is 24.3 Å². The molecule has 2 aliphatic rings. The van der Waals surface area contributed by atoms with E-state index in [1.54, 1.807) is 17.0 Å². The highest BCUT2D eigenvalue weighted by atomic mass is 19.3. The monoisotopic (exact) mass is 482 g/mol. The van der Waals surface area contributed by atoms with Gasteiger partial charge < -0.3 is 19.5 Å². The van der Waals surface area contributed by atoms with E-state index >= 15 is 0 Å². The molecule has 0 radical (unpaired) electrons. The van der Waals surface area contributed by atoms with E-state index in [0.717, 1.165) is 29.7 Å². The molecule has 2 saturated heterocycles. The first-order valence-corrected chi connectivity index (χ1v) is 12.1. The summed E-state index contributed by atoms with van der Waals surface area (Å²) >= 11 is 0. The lowest BCUT2D eigenvalue weighted by molar-refractivity contribution is -0.138. The van der Waals surface area contributed by atoms with Crippen LogP contribution >= 0.6 is 0 Å². The minimum absolute atomic E-state index is 0.0421. The number of fused-ring (bicyclic) bond motifs is 1. The van der Waals surface area contributed by atoms with Crippen molar-refractivity contribution in [1.29, 1.82) is 0 Å². The number of likely N-dealkylation sites (tertiary alicyclic amines) is 2. The molecule has 1 aromatic heterocycles. The zero-order valence-corrected chi connectivity index (χ0v) is 19.3. The maximum Gasteiger partial charge on any atom is 0.387 e. The molecule has 1 N–H and O–H groups in total. The van der Waals surface area contributed by atoms with Crippen molar-refractivity contribution in [2.75, 3.05) is 26.2 Å². The molecule has 3 heterocycles. The fourth-order valence-corrected chi connectivity index (χ4v) is 5.20. The van der Waals surface area contributed by atoms with Crippen molar-refractivity contribution < 1.29 is 23.1 Å². The van der Waals surface area contributed by atoms with Crippen LogP contribution in [0.4, 0.5) is 8.78 Å². The average molecular weight is 483 g/mol. The fourth-order valence-electron chi connectivity index (χ4n) is 5.20. The van der Waals surface area contributed by atoms with Crippen LogP contribution in [0.5, 0.6) is 5.75 Å². The molecular weight excluding hydrogens is 454 g/mol. The maximum atomic E-state index is 13.5. The van der Waals surface area contributed by atoms with Crippen LogP contribution in [-0.2, 0) is 4.79 Å². The van der Waals surface area contributed by atoms with Crippen molar-refractivity contribution in [2.24, 2.45) is 5.92 Å². The molecule has 5 rings (SSSR count). The molecule has 2 fully saturated rings. The molecule has 0 aliphatic carbocycles. The number of alkyl halides is 2. The van der Waals surface area contributed by atoms with Crippen LogP contribution in [0.1, 0.15) is 47.8 Å². The van der Waals surface area contributed by atoms with Crippen molar-refractivity contribution >= 4 is 22.8 Å². The van der Waals surface area contributed by atoms with E-state index in [1.165, 1.54) is 12.1 Å². The van der Waals surface area contributed by atoms with E-state index in [0.29, 0.717) is 32.5 Å². The summed E-state index contributed by atoms with van der Waals surface area (Å²) in [4.78, 5) is 38.2. The molecular formula is C26H28F2N4O3. The van der Waals surface area contributed by atoms with Gasteiger partial charge in [0.15, 0.2) is 0 Å². The van der Waals surface area contributed by atoms with Crippen LogP contribution < -0.4 is 4.74 Å². The van der Waals surface area contributed by atoms with Gasteiger partial charge >= 0.3 is 6.61 Å². The van der Waals surface area contributed by atoms with Gasteiger partial charge in [0.05, 0.1) is 22.5 Å².